The zero-order valence-electron chi connectivity index (χ0n) is 11.9. The summed E-state index contributed by atoms with van der Waals surface area (Å²) < 4.78 is 10.5. The lowest BCUT2D eigenvalue weighted by molar-refractivity contribution is -0.114. The molecule has 21 heavy (non-hydrogen) atoms. The number of amides is 1. The van der Waals surface area contributed by atoms with Crippen LogP contribution in [0, 0.1) is 0 Å². The Hall–Kier alpha value is -1.46. The van der Waals surface area contributed by atoms with Crippen LogP contribution >= 0.6 is 23.2 Å². The molecular formula is C14H17Cl2NO4. The van der Waals surface area contributed by atoms with Crippen molar-refractivity contribution in [2.45, 2.75) is 20.3 Å². The lowest BCUT2D eigenvalue weighted by Crippen LogP contribution is -2.13. The molecule has 1 aromatic rings. The van der Waals surface area contributed by atoms with Gasteiger partial charge in [-0.15, -0.1) is 11.6 Å². The van der Waals surface area contributed by atoms with Crippen molar-refractivity contribution in [3.63, 3.8) is 0 Å². The van der Waals surface area contributed by atoms with Crippen molar-refractivity contribution in [3.05, 3.63) is 22.7 Å². The Kier molecular flexibility index (Phi) is 7.32. The van der Waals surface area contributed by atoms with E-state index in [4.69, 9.17) is 32.7 Å². The van der Waals surface area contributed by atoms with Crippen LogP contribution in [0.15, 0.2) is 12.1 Å². The molecule has 0 aliphatic rings. The zero-order valence-corrected chi connectivity index (χ0v) is 13.4. The lowest BCUT2D eigenvalue weighted by Gasteiger charge is -2.16. The van der Waals surface area contributed by atoms with E-state index in [-0.39, 0.29) is 23.8 Å². The summed E-state index contributed by atoms with van der Waals surface area (Å²) in [6.45, 7) is 3.59. The predicted molar refractivity (Wildman–Crippen MR) is 82.5 cm³/mol. The first-order valence-electron chi connectivity index (χ1n) is 6.46. The van der Waals surface area contributed by atoms with Crippen LogP contribution in [0.1, 0.15) is 30.6 Å². The number of carbonyl (C=O) groups excluding carboxylic acids is 2. The van der Waals surface area contributed by atoms with Gasteiger partial charge in [-0.2, -0.15) is 0 Å². The van der Waals surface area contributed by atoms with E-state index in [9.17, 15) is 9.59 Å². The quantitative estimate of drug-likeness (QED) is 0.471. The normalized spacial score (nSPS) is 10.1. The van der Waals surface area contributed by atoms with Gasteiger partial charge in [0.25, 0.3) is 0 Å². The predicted octanol–water partition coefficient (Wildman–Crippen LogP) is 3.48. The average molecular weight is 334 g/mol. The van der Waals surface area contributed by atoms with Crippen LogP contribution in [0.5, 0.6) is 5.75 Å². The van der Waals surface area contributed by atoms with E-state index < -0.39 is 5.97 Å². The third-order valence-electron chi connectivity index (χ3n) is 2.38. The van der Waals surface area contributed by atoms with Crippen molar-refractivity contribution < 1.29 is 19.1 Å². The largest absolute Gasteiger partial charge is 0.490 e. The first-order valence-corrected chi connectivity index (χ1v) is 7.37. The monoisotopic (exact) mass is 333 g/mol. The fourth-order valence-electron chi connectivity index (χ4n) is 1.62. The van der Waals surface area contributed by atoms with Gasteiger partial charge in [-0.25, -0.2) is 4.79 Å². The Bertz CT molecular complexity index is 520. The molecule has 0 fully saturated rings. The van der Waals surface area contributed by atoms with Crippen LogP contribution in [0.2, 0.25) is 5.02 Å². The smallest absolute Gasteiger partial charge is 0.342 e. The van der Waals surface area contributed by atoms with Crippen LogP contribution < -0.4 is 10.1 Å². The van der Waals surface area contributed by atoms with Crippen LogP contribution in [0.3, 0.4) is 0 Å². The van der Waals surface area contributed by atoms with Gasteiger partial charge >= 0.3 is 5.97 Å². The molecule has 0 aromatic heterocycles. The van der Waals surface area contributed by atoms with Gasteiger partial charge in [0, 0.05) is 17.8 Å². The molecule has 1 rings (SSSR count). The number of benzene rings is 1. The van der Waals surface area contributed by atoms with Crippen LogP contribution in [-0.2, 0) is 9.53 Å². The summed E-state index contributed by atoms with van der Waals surface area (Å²) in [5, 5.41) is 2.89. The number of ether oxygens (including phenoxy) is 2. The number of carbonyl (C=O) groups is 2. The van der Waals surface area contributed by atoms with E-state index in [1.54, 1.807) is 6.92 Å². The highest BCUT2D eigenvalue weighted by Gasteiger charge is 2.20. The molecule has 5 nitrogen and oxygen atoms in total. The fraction of sp³-hybridized carbons (Fsp3) is 0.429. The maximum absolute atomic E-state index is 12.0. The van der Waals surface area contributed by atoms with Crippen LogP contribution in [-0.4, -0.2) is 31.0 Å². The highest BCUT2D eigenvalue weighted by atomic mass is 35.5. The Balaban J connectivity index is 3.20. The second-order valence-electron chi connectivity index (χ2n) is 4.12. The van der Waals surface area contributed by atoms with Gasteiger partial charge < -0.3 is 14.8 Å². The third-order valence-corrected chi connectivity index (χ3v) is 2.87. The van der Waals surface area contributed by atoms with Gasteiger partial charge in [-0.3, -0.25) is 4.79 Å². The molecule has 7 heteroatoms. The van der Waals surface area contributed by atoms with Crippen LogP contribution in [0.25, 0.3) is 0 Å². The van der Waals surface area contributed by atoms with Crippen LogP contribution in [0.4, 0.5) is 5.69 Å². The summed E-state index contributed by atoms with van der Waals surface area (Å²) >= 11 is 11.6. The summed E-state index contributed by atoms with van der Waals surface area (Å²) in [4.78, 5) is 23.3. The van der Waals surface area contributed by atoms with Gasteiger partial charge in [-0.1, -0.05) is 11.6 Å². The molecule has 116 valence electrons. The van der Waals surface area contributed by atoms with Crippen molar-refractivity contribution >= 4 is 40.8 Å². The maximum atomic E-state index is 12.0. The molecule has 0 saturated heterocycles. The number of hydrogen-bond donors (Lipinski definition) is 1. The van der Waals surface area contributed by atoms with Crippen molar-refractivity contribution in [2.75, 3.05) is 24.4 Å². The van der Waals surface area contributed by atoms with E-state index in [0.29, 0.717) is 29.6 Å². The number of nitrogens with one attached hydrogen (secondary N) is 1. The third kappa shape index (κ3) is 5.44. The molecule has 1 amide bonds. The fourth-order valence-corrected chi connectivity index (χ4v) is 1.95. The molecule has 0 radical (unpaired) electrons. The molecule has 0 spiro atoms. The molecule has 0 aliphatic heterocycles. The first kappa shape index (κ1) is 17.6. The topological polar surface area (TPSA) is 64.6 Å². The molecule has 0 aliphatic carbocycles. The minimum absolute atomic E-state index is 0.169. The number of rotatable bonds is 7. The molecule has 0 unspecified atom stereocenters. The summed E-state index contributed by atoms with van der Waals surface area (Å²) in [6, 6.07) is 2.96. The molecule has 0 bridgehead atoms. The summed E-state index contributed by atoms with van der Waals surface area (Å²) in [5.74, 6) is -0.197. The Morgan fingerprint density at radius 1 is 1.33 bits per heavy atom. The minimum Gasteiger partial charge on any atom is -0.490 e. The highest BCUT2D eigenvalue weighted by Crippen LogP contribution is 2.33. The van der Waals surface area contributed by atoms with Gasteiger partial charge in [0.15, 0.2) is 5.75 Å². The molecule has 0 saturated carbocycles. The summed E-state index contributed by atoms with van der Waals surface area (Å²) in [7, 11) is 0. The lowest BCUT2D eigenvalue weighted by atomic mass is 10.1. The molecule has 0 heterocycles. The van der Waals surface area contributed by atoms with Crippen molar-refractivity contribution in [1.82, 2.24) is 0 Å². The van der Waals surface area contributed by atoms with Crippen molar-refractivity contribution in [1.29, 1.82) is 0 Å². The number of halogens is 2. The average Bonchev–Trinajstić information content (AvgIpc) is 2.40. The number of esters is 1. The van der Waals surface area contributed by atoms with Gasteiger partial charge in [0.2, 0.25) is 5.91 Å². The molecule has 1 aromatic carbocycles. The second-order valence-corrected chi connectivity index (χ2v) is 4.94. The molecule has 1 N–H and O–H groups in total. The Morgan fingerprint density at radius 2 is 2.05 bits per heavy atom. The van der Waals surface area contributed by atoms with Gasteiger partial charge in [-0.05, 0) is 25.5 Å². The van der Waals surface area contributed by atoms with Crippen molar-refractivity contribution in [3.8, 4) is 5.75 Å². The standard InChI is InChI=1S/C14H17Cl2NO4/c1-3-20-14(19)11-7-10(16)8-12(17-9(2)18)13(11)21-6-4-5-15/h7-8H,3-6H2,1-2H3,(H,17,18). The highest BCUT2D eigenvalue weighted by molar-refractivity contribution is 6.31. The zero-order chi connectivity index (χ0) is 15.8. The number of alkyl halides is 1. The Morgan fingerprint density at radius 3 is 2.62 bits per heavy atom. The summed E-state index contributed by atoms with van der Waals surface area (Å²) in [6.07, 6.45) is 0.603. The molecule has 0 atom stereocenters. The van der Waals surface area contributed by atoms with Crippen molar-refractivity contribution in [2.24, 2.45) is 0 Å². The molecular weight excluding hydrogens is 317 g/mol. The SMILES string of the molecule is CCOC(=O)c1cc(Cl)cc(NC(C)=O)c1OCCCCl. The van der Waals surface area contributed by atoms with E-state index in [0.717, 1.165) is 0 Å². The first-order chi connectivity index (χ1) is 9.99. The van der Waals surface area contributed by atoms with E-state index >= 15 is 0 Å². The number of hydrogen-bond acceptors (Lipinski definition) is 4. The Labute approximate surface area is 133 Å². The second kappa shape index (κ2) is 8.74. The van der Waals surface area contributed by atoms with E-state index in [1.807, 2.05) is 0 Å². The van der Waals surface area contributed by atoms with Gasteiger partial charge in [0.05, 0.1) is 18.9 Å². The van der Waals surface area contributed by atoms with E-state index in [2.05, 4.69) is 5.32 Å². The van der Waals surface area contributed by atoms with Gasteiger partial charge in [0.1, 0.15) is 5.56 Å². The number of anilines is 1. The summed E-state index contributed by atoms with van der Waals surface area (Å²) in [5.41, 5.74) is 0.496. The minimum atomic E-state index is -0.563. The van der Waals surface area contributed by atoms with E-state index in [1.165, 1.54) is 19.1 Å². The maximum Gasteiger partial charge on any atom is 0.342 e.